The van der Waals surface area contributed by atoms with Crippen LogP contribution < -0.4 is 10.6 Å². The van der Waals surface area contributed by atoms with Gasteiger partial charge in [0.25, 0.3) is 0 Å². The molecule has 96 valence electrons. The molecule has 1 rings (SSSR count). The van der Waals surface area contributed by atoms with E-state index in [0.717, 1.165) is 5.56 Å². The van der Waals surface area contributed by atoms with Crippen LogP contribution in [0.5, 0.6) is 0 Å². The highest BCUT2D eigenvalue weighted by atomic mass is 35.5. The number of amides is 1. The number of halogens is 1. The Morgan fingerprint density at radius 2 is 2.17 bits per heavy atom. The maximum Gasteiger partial charge on any atom is 0.238 e. The van der Waals surface area contributed by atoms with Crippen LogP contribution in [0, 0.1) is 19.3 Å². The van der Waals surface area contributed by atoms with Crippen LogP contribution in [0.3, 0.4) is 0 Å². The molecule has 0 aliphatic carbocycles. The maximum absolute atomic E-state index is 11.8. The largest absolute Gasteiger partial charge is 0.325 e. The Kier molecular flexibility index (Phi) is 4.77. The summed E-state index contributed by atoms with van der Waals surface area (Å²) in [6, 6.07) is 5.37. The Labute approximate surface area is 113 Å². The monoisotopic (exact) mass is 264 g/mol. The van der Waals surface area contributed by atoms with Gasteiger partial charge in [-0.15, -0.1) is 6.42 Å². The van der Waals surface area contributed by atoms with Crippen molar-refractivity contribution in [3.05, 3.63) is 28.8 Å². The zero-order chi connectivity index (χ0) is 13.8. The molecule has 0 aromatic heterocycles. The van der Waals surface area contributed by atoms with Gasteiger partial charge in [-0.2, -0.15) is 0 Å². The predicted molar refractivity (Wildman–Crippen MR) is 75.7 cm³/mol. The molecule has 0 radical (unpaired) electrons. The summed E-state index contributed by atoms with van der Waals surface area (Å²) in [4.78, 5) is 11.8. The third-order valence-electron chi connectivity index (χ3n) is 2.53. The second-order valence-electron chi connectivity index (χ2n) is 4.63. The second kappa shape index (κ2) is 5.90. The van der Waals surface area contributed by atoms with Crippen LogP contribution in [0.4, 0.5) is 5.69 Å². The van der Waals surface area contributed by atoms with Gasteiger partial charge in [0.05, 0.1) is 12.1 Å². The van der Waals surface area contributed by atoms with Crippen LogP contribution in [-0.2, 0) is 4.79 Å². The molecule has 0 atom stereocenters. The highest BCUT2D eigenvalue weighted by Gasteiger charge is 2.14. The lowest BCUT2D eigenvalue weighted by molar-refractivity contribution is -0.115. The summed E-state index contributed by atoms with van der Waals surface area (Å²) in [6.45, 7) is 5.74. The smallest absolute Gasteiger partial charge is 0.238 e. The van der Waals surface area contributed by atoms with Crippen molar-refractivity contribution in [2.45, 2.75) is 26.3 Å². The number of nitrogens with one attached hydrogen (secondary N) is 2. The molecular weight excluding hydrogens is 248 g/mol. The Morgan fingerprint density at radius 3 is 2.78 bits per heavy atom. The molecule has 2 N–H and O–H groups in total. The summed E-state index contributed by atoms with van der Waals surface area (Å²) < 4.78 is 0. The van der Waals surface area contributed by atoms with Gasteiger partial charge < -0.3 is 5.32 Å². The Hall–Kier alpha value is -1.50. The average Bonchev–Trinajstić information content (AvgIpc) is 2.31. The number of hydrogen-bond acceptors (Lipinski definition) is 2. The normalized spacial score (nSPS) is 10.8. The van der Waals surface area contributed by atoms with Gasteiger partial charge in [0.1, 0.15) is 0 Å². The van der Waals surface area contributed by atoms with E-state index in [0.29, 0.717) is 10.7 Å². The minimum absolute atomic E-state index is 0.149. The highest BCUT2D eigenvalue weighted by Crippen LogP contribution is 2.19. The summed E-state index contributed by atoms with van der Waals surface area (Å²) in [5.41, 5.74) is 1.18. The first kappa shape index (κ1) is 14.6. The van der Waals surface area contributed by atoms with Gasteiger partial charge in [-0.25, -0.2) is 0 Å². The van der Waals surface area contributed by atoms with Gasteiger partial charge in [-0.3, -0.25) is 10.1 Å². The van der Waals surface area contributed by atoms with Crippen molar-refractivity contribution in [3.63, 3.8) is 0 Å². The summed E-state index contributed by atoms with van der Waals surface area (Å²) in [5, 5.41) is 6.37. The minimum Gasteiger partial charge on any atom is -0.325 e. The van der Waals surface area contributed by atoms with E-state index in [-0.39, 0.29) is 12.5 Å². The first-order valence-electron chi connectivity index (χ1n) is 5.63. The SMILES string of the molecule is C#CC(C)(C)NCC(=O)Nc1cc(Cl)ccc1C. The van der Waals surface area contributed by atoms with Crippen molar-refractivity contribution in [1.29, 1.82) is 0 Å². The molecule has 0 aliphatic heterocycles. The van der Waals surface area contributed by atoms with Crippen LogP contribution in [0.2, 0.25) is 5.02 Å². The van der Waals surface area contributed by atoms with Crippen molar-refractivity contribution in [3.8, 4) is 12.3 Å². The summed E-state index contributed by atoms with van der Waals surface area (Å²) in [7, 11) is 0. The van der Waals surface area contributed by atoms with Crippen molar-refractivity contribution >= 4 is 23.2 Å². The number of anilines is 1. The van der Waals surface area contributed by atoms with Crippen LogP contribution in [0.25, 0.3) is 0 Å². The third-order valence-corrected chi connectivity index (χ3v) is 2.76. The van der Waals surface area contributed by atoms with Gasteiger partial charge in [-0.1, -0.05) is 23.6 Å². The molecule has 0 saturated heterocycles. The molecular formula is C14H17ClN2O. The minimum atomic E-state index is -0.499. The molecule has 0 unspecified atom stereocenters. The van der Waals surface area contributed by atoms with Crippen LogP contribution in [0.15, 0.2) is 18.2 Å². The maximum atomic E-state index is 11.8. The van der Waals surface area contributed by atoms with E-state index in [9.17, 15) is 4.79 Å². The van der Waals surface area contributed by atoms with E-state index in [2.05, 4.69) is 16.6 Å². The van der Waals surface area contributed by atoms with Gasteiger partial charge in [0.2, 0.25) is 5.91 Å². The Bertz CT molecular complexity index is 489. The van der Waals surface area contributed by atoms with E-state index < -0.39 is 5.54 Å². The fourth-order valence-electron chi connectivity index (χ4n) is 1.28. The molecule has 0 aliphatic rings. The summed E-state index contributed by atoms with van der Waals surface area (Å²) >= 11 is 5.88. The number of hydrogen-bond donors (Lipinski definition) is 2. The second-order valence-corrected chi connectivity index (χ2v) is 5.07. The molecule has 4 heteroatoms. The van der Waals surface area contributed by atoms with Crippen molar-refractivity contribution in [2.24, 2.45) is 0 Å². The molecule has 1 amide bonds. The van der Waals surface area contributed by atoms with Crippen LogP contribution >= 0.6 is 11.6 Å². The zero-order valence-corrected chi connectivity index (χ0v) is 11.6. The molecule has 3 nitrogen and oxygen atoms in total. The zero-order valence-electron chi connectivity index (χ0n) is 10.8. The highest BCUT2D eigenvalue weighted by molar-refractivity contribution is 6.31. The lowest BCUT2D eigenvalue weighted by Crippen LogP contribution is -2.42. The van der Waals surface area contributed by atoms with E-state index >= 15 is 0 Å². The van der Waals surface area contributed by atoms with Gasteiger partial charge in [0, 0.05) is 10.7 Å². The van der Waals surface area contributed by atoms with Gasteiger partial charge in [0.15, 0.2) is 0 Å². The van der Waals surface area contributed by atoms with Crippen LogP contribution in [-0.4, -0.2) is 18.0 Å². The Morgan fingerprint density at radius 1 is 1.50 bits per heavy atom. The van der Waals surface area contributed by atoms with Crippen molar-refractivity contribution in [2.75, 3.05) is 11.9 Å². The number of carbonyl (C=O) groups excluding carboxylic acids is 1. The average molecular weight is 265 g/mol. The fourth-order valence-corrected chi connectivity index (χ4v) is 1.45. The molecule has 0 saturated carbocycles. The van der Waals surface area contributed by atoms with Gasteiger partial charge >= 0.3 is 0 Å². The van der Waals surface area contributed by atoms with Gasteiger partial charge in [-0.05, 0) is 38.5 Å². The number of carbonyl (C=O) groups is 1. The quantitative estimate of drug-likeness (QED) is 0.821. The molecule has 0 spiro atoms. The Balaban J connectivity index is 2.61. The number of terminal acetylenes is 1. The molecule has 1 aromatic carbocycles. The first-order chi connectivity index (χ1) is 8.34. The molecule has 18 heavy (non-hydrogen) atoms. The van der Waals surface area contributed by atoms with Crippen molar-refractivity contribution in [1.82, 2.24) is 5.32 Å². The molecule has 0 bridgehead atoms. The predicted octanol–water partition coefficient (Wildman–Crippen LogP) is 2.59. The molecule has 0 fully saturated rings. The summed E-state index contributed by atoms with van der Waals surface area (Å²) in [6.07, 6.45) is 5.33. The van der Waals surface area contributed by atoms with Crippen molar-refractivity contribution < 1.29 is 4.79 Å². The van der Waals surface area contributed by atoms with E-state index in [1.54, 1.807) is 12.1 Å². The number of rotatable bonds is 4. The molecule has 0 heterocycles. The lowest BCUT2D eigenvalue weighted by atomic mass is 10.1. The lowest BCUT2D eigenvalue weighted by Gasteiger charge is -2.19. The topological polar surface area (TPSA) is 41.1 Å². The first-order valence-corrected chi connectivity index (χ1v) is 6.00. The van der Waals surface area contributed by atoms with Crippen LogP contribution in [0.1, 0.15) is 19.4 Å². The standard InChI is InChI=1S/C14H17ClN2O/c1-5-14(3,4)16-9-13(18)17-12-8-11(15)7-6-10(12)2/h1,6-8,16H,9H2,2-4H3,(H,17,18). The number of aryl methyl sites for hydroxylation is 1. The summed E-state index contributed by atoms with van der Waals surface area (Å²) in [5.74, 6) is 2.42. The third kappa shape index (κ3) is 4.40. The van der Waals surface area contributed by atoms with E-state index in [4.69, 9.17) is 18.0 Å². The number of benzene rings is 1. The van der Waals surface area contributed by atoms with E-state index in [1.807, 2.05) is 26.8 Å². The molecule has 1 aromatic rings. The fraction of sp³-hybridized carbons (Fsp3) is 0.357. The van der Waals surface area contributed by atoms with E-state index in [1.165, 1.54) is 0 Å².